The summed E-state index contributed by atoms with van der Waals surface area (Å²) in [6.45, 7) is 9.10. The smallest absolute Gasteiger partial charge is 0.233 e. The van der Waals surface area contributed by atoms with Crippen LogP contribution in [0.1, 0.15) is 37.8 Å². The molecule has 126 valence electrons. The van der Waals surface area contributed by atoms with Crippen LogP contribution in [0, 0.1) is 5.92 Å². The van der Waals surface area contributed by atoms with E-state index in [9.17, 15) is 4.79 Å². The summed E-state index contributed by atoms with van der Waals surface area (Å²) in [5.74, 6) is 0.354. The van der Waals surface area contributed by atoms with Gasteiger partial charge in [0.2, 0.25) is 5.91 Å². The van der Waals surface area contributed by atoms with Crippen molar-refractivity contribution in [3.8, 4) is 0 Å². The van der Waals surface area contributed by atoms with Gasteiger partial charge in [-0.15, -0.1) is 0 Å². The molecule has 1 aromatic carbocycles. The number of hydrogen-bond donors (Lipinski definition) is 1. The van der Waals surface area contributed by atoms with Crippen molar-refractivity contribution in [3.63, 3.8) is 0 Å². The van der Waals surface area contributed by atoms with E-state index in [0.29, 0.717) is 24.2 Å². The Morgan fingerprint density at radius 2 is 1.83 bits per heavy atom. The molecule has 0 aliphatic carbocycles. The molecule has 2 rings (SSSR count). The standard InChI is InChI=1S/C18H26N2O2S/c1-13(2)12-15-4-6-16(7-5-15)14(3)17(21)19-18(23)20-8-10-22-11-9-20/h4-7,13-14H,8-12H2,1-3H3,(H,19,21,23). The molecule has 5 heteroatoms. The number of ether oxygens (including phenoxy) is 1. The first-order chi connectivity index (χ1) is 11.0. The Morgan fingerprint density at radius 1 is 1.22 bits per heavy atom. The summed E-state index contributed by atoms with van der Waals surface area (Å²) in [5, 5.41) is 3.36. The van der Waals surface area contributed by atoms with E-state index in [2.05, 4.69) is 31.3 Å². The minimum Gasteiger partial charge on any atom is -0.378 e. The lowest BCUT2D eigenvalue weighted by Gasteiger charge is -2.29. The third kappa shape index (κ3) is 5.29. The first-order valence-corrected chi connectivity index (χ1v) is 8.64. The highest BCUT2D eigenvalue weighted by atomic mass is 32.1. The molecule has 0 radical (unpaired) electrons. The minimum absolute atomic E-state index is 0.0573. The number of thiocarbonyl (C=S) groups is 1. The molecule has 1 atom stereocenters. The molecule has 0 spiro atoms. The number of carbonyl (C=O) groups is 1. The summed E-state index contributed by atoms with van der Waals surface area (Å²) in [7, 11) is 0. The zero-order valence-corrected chi connectivity index (χ0v) is 15.0. The average molecular weight is 334 g/mol. The molecule has 1 aliphatic heterocycles. The summed E-state index contributed by atoms with van der Waals surface area (Å²) in [6.07, 6.45) is 1.06. The third-order valence-electron chi connectivity index (χ3n) is 4.05. The van der Waals surface area contributed by atoms with Crippen LogP contribution in [0.3, 0.4) is 0 Å². The molecule has 1 unspecified atom stereocenters. The van der Waals surface area contributed by atoms with E-state index in [1.165, 1.54) is 5.56 Å². The topological polar surface area (TPSA) is 41.6 Å². The number of amides is 1. The second-order valence-electron chi connectivity index (χ2n) is 6.46. The molecule has 0 aromatic heterocycles. The highest BCUT2D eigenvalue weighted by molar-refractivity contribution is 7.80. The number of morpholine rings is 1. The monoisotopic (exact) mass is 334 g/mol. The molecule has 1 aromatic rings. The van der Waals surface area contributed by atoms with E-state index in [-0.39, 0.29) is 11.8 Å². The first-order valence-electron chi connectivity index (χ1n) is 8.23. The van der Waals surface area contributed by atoms with Gasteiger partial charge in [0, 0.05) is 13.1 Å². The van der Waals surface area contributed by atoms with Crippen LogP contribution < -0.4 is 5.32 Å². The Kier molecular flexibility index (Phi) is 6.54. The van der Waals surface area contributed by atoms with E-state index in [4.69, 9.17) is 17.0 Å². The molecule has 0 bridgehead atoms. The summed E-state index contributed by atoms with van der Waals surface area (Å²) in [4.78, 5) is 14.4. The Morgan fingerprint density at radius 3 is 2.39 bits per heavy atom. The Bertz CT molecular complexity index is 536. The third-order valence-corrected chi connectivity index (χ3v) is 4.41. The molecular weight excluding hydrogens is 308 g/mol. The fourth-order valence-corrected chi connectivity index (χ4v) is 2.91. The number of nitrogens with one attached hydrogen (secondary N) is 1. The van der Waals surface area contributed by atoms with Crippen molar-refractivity contribution in [3.05, 3.63) is 35.4 Å². The molecule has 1 N–H and O–H groups in total. The Labute approximate surface area is 144 Å². The molecular formula is C18H26N2O2S. The van der Waals surface area contributed by atoms with Crippen molar-refractivity contribution in [1.29, 1.82) is 0 Å². The molecule has 4 nitrogen and oxygen atoms in total. The Hall–Kier alpha value is -1.46. The van der Waals surface area contributed by atoms with Crippen LogP contribution in [0.15, 0.2) is 24.3 Å². The van der Waals surface area contributed by atoms with Crippen LogP contribution in [0.25, 0.3) is 0 Å². The zero-order valence-electron chi connectivity index (χ0n) is 14.2. The second-order valence-corrected chi connectivity index (χ2v) is 6.84. The predicted octanol–water partition coefficient (Wildman–Crippen LogP) is 2.72. The largest absolute Gasteiger partial charge is 0.378 e. The number of carbonyl (C=O) groups excluding carboxylic acids is 1. The average Bonchev–Trinajstić information content (AvgIpc) is 2.55. The second kappa shape index (κ2) is 8.41. The molecule has 0 saturated carbocycles. The molecule has 23 heavy (non-hydrogen) atoms. The van der Waals surface area contributed by atoms with E-state index < -0.39 is 0 Å². The SMILES string of the molecule is CC(C)Cc1ccc(C(C)C(=O)NC(=S)N2CCOCC2)cc1. The summed E-state index contributed by atoms with van der Waals surface area (Å²) < 4.78 is 5.30. The van der Waals surface area contributed by atoms with E-state index >= 15 is 0 Å². The lowest BCUT2D eigenvalue weighted by molar-refractivity contribution is -0.120. The van der Waals surface area contributed by atoms with Gasteiger partial charge in [0.25, 0.3) is 0 Å². The van der Waals surface area contributed by atoms with Gasteiger partial charge in [0.05, 0.1) is 19.1 Å². The van der Waals surface area contributed by atoms with E-state index in [0.717, 1.165) is 25.1 Å². The van der Waals surface area contributed by atoms with Crippen LogP contribution in [-0.2, 0) is 16.0 Å². The molecule has 1 amide bonds. The molecule has 1 fully saturated rings. The Balaban J connectivity index is 1.92. The first kappa shape index (κ1) is 17.9. The van der Waals surface area contributed by atoms with Crippen molar-refractivity contribution in [2.75, 3.05) is 26.3 Å². The van der Waals surface area contributed by atoms with Gasteiger partial charge in [-0.05, 0) is 42.6 Å². The predicted molar refractivity (Wildman–Crippen MR) is 96.5 cm³/mol. The van der Waals surface area contributed by atoms with Gasteiger partial charge < -0.3 is 15.0 Å². The molecule has 1 saturated heterocycles. The van der Waals surface area contributed by atoms with Gasteiger partial charge in [-0.1, -0.05) is 38.1 Å². The zero-order chi connectivity index (χ0) is 16.8. The highest BCUT2D eigenvalue weighted by Crippen LogP contribution is 2.18. The van der Waals surface area contributed by atoms with Crippen molar-refractivity contribution < 1.29 is 9.53 Å². The van der Waals surface area contributed by atoms with Crippen LogP contribution in [-0.4, -0.2) is 42.2 Å². The number of nitrogens with zero attached hydrogens (tertiary/aromatic N) is 1. The lowest BCUT2D eigenvalue weighted by Crippen LogP contribution is -2.48. The van der Waals surface area contributed by atoms with Gasteiger partial charge in [-0.25, -0.2) is 0 Å². The maximum absolute atomic E-state index is 12.4. The van der Waals surface area contributed by atoms with Crippen LogP contribution in [0.2, 0.25) is 0 Å². The molecule has 1 heterocycles. The number of rotatable bonds is 4. The number of benzene rings is 1. The van der Waals surface area contributed by atoms with E-state index in [1.54, 1.807) is 0 Å². The fraction of sp³-hybridized carbons (Fsp3) is 0.556. The summed E-state index contributed by atoms with van der Waals surface area (Å²) in [6, 6.07) is 8.30. The molecule has 1 aliphatic rings. The van der Waals surface area contributed by atoms with Crippen LogP contribution in [0.5, 0.6) is 0 Å². The van der Waals surface area contributed by atoms with Gasteiger partial charge >= 0.3 is 0 Å². The van der Waals surface area contributed by atoms with Gasteiger partial charge in [-0.2, -0.15) is 0 Å². The van der Waals surface area contributed by atoms with Gasteiger partial charge in [-0.3, -0.25) is 4.79 Å². The van der Waals surface area contributed by atoms with E-state index in [1.807, 2.05) is 24.0 Å². The minimum atomic E-state index is -0.220. The summed E-state index contributed by atoms with van der Waals surface area (Å²) >= 11 is 5.33. The van der Waals surface area contributed by atoms with Crippen LogP contribution >= 0.6 is 12.2 Å². The fourth-order valence-electron chi connectivity index (χ4n) is 2.62. The van der Waals surface area contributed by atoms with Gasteiger partial charge in [0.15, 0.2) is 5.11 Å². The quantitative estimate of drug-likeness (QED) is 0.860. The highest BCUT2D eigenvalue weighted by Gasteiger charge is 2.20. The van der Waals surface area contributed by atoms with Crippen molar-refractivity contribution in [1.82, 2.24) is 10.2 Å². The maximum atomic E-state index is 12.4. The maximum Gasteiger partial charge on any atom is 0.233 e. The lowest BCUT2D eigenvalue weighted by atomic mass is 9.96. The van der Waals surface area contributed by atoms with Crippen molar-refractivity contribution in [2.24, 2.45) is 5.92 Å². The summed E-state index contributed by atoms with van der Waals surface area (Å²) in [5.41, 5.74) is 2.32. The van der Waals surface area contributed by atoms with Gasteiger partial charge in [0.1, 0.15) is 0 Å². The van der Waals surface area contributed by atoms with Crippen LogP contribution in [0.4, 0.5) is 0 Å². The van der Waals surface area contributed by atoms with Crippen molar-refractivity contribution in [2.45, 2.75) is 33.1 Å². The normalized spacial score (nSPS) is 16.3. The number of hydrogen-bond acceptors (Lipinski definition) is 3. The van der Waals surface area contributed by atoms with Crippen molar-refractivity contribution >= 4 is 23.2 Å².